The first kappa shape index (κ1) is 19.2. The summed E-state index contributed by atoms with van der Waals surface area (Å²) in [6, 6.07) is 9.58. The third kappa shape index (κ3) is 3.90. The second-order valence-corrected chi connectivity index (χ2v) is 7.48. The van der Waals surface area contributed by atoms with Gasteiger partial charge in [-0.15, -0.1) is 0 Å². The molecule has 1 aromatic heterocycles. The van der Waals surface area contributed by atoms with E-state index >= 15 is 0 Å². The Balaban J connectivity index is 1.43. The van der Waals surface area contributed by atoms with E-state index in [9.17, 15) is 9.59 Å². The van der Waals surface area contributed by atoms with Gasteiger partial charge < -0.3 is 19.3 Å². The molecule has 7 nitrogen and oxygen atoms in total. The van der Waals surface area contributed by atoms with Gasteiger partial charge in [-0.3, -0.25) is 14.6 Å². The molecule has 2 aliphatic rings. The van der Waals surface area contributed by atoms with Crippen molar-refractivity contribution >= 4 is 11.8 Å². The molecule has 0 N–H and O–H groups in total. The highest BCUT2D eigenvalue weighted by atomic mass is 16.5. The molecular weight excluding hydrogens is 370 g/mol. The normalized spacial score (nSPS) is 18.6. The number of pyridine rings is 1. The Kier molecular flexibility index (Phi) is 5.38. The number of hydrogen-bond acceptors (Lipinski definition) is 5. The highest BCUT2D eigenvalue weighted by molar-refractivity contribution is 5.89. The number of fused-ring (bicyclic) bond motifs is 1. The summed E-state index contributed by atoms with van der Waals surface area (Å²) in [7, 11) is 3.23. The summed E-state index contributed by atoms with van der Waals surface area (Å²) in [6.45, 7) is 2.07. The van der Waals surface area contributed by atoms with Crippen LogP contribution < -0.4 is 9.47 Å². The standard InChI is InChI=1S/C22H25N3O4/c1-28-19-9-15-6-8-24(12-16(15)10-20(19)29-2)22(27)17-11-21(26)25(13-17)14-18-5-3-4-7-23-18/h3-5,7,9-10,17H,6,8,11-14H2,1-2H3. The molecule has 2 aliphatic heterocycles. The van der Waals surface area contributed by atoms with Gasteiger partial charge in [0.1, 0.15) is 0 Å². The minimum absolute atomic E-state index is 0.0119. The number of amides is 2. The monoisotopic (exact) mass is 395 g/mol. The molecular formula is C22H25N3O4. The predicted molar refractivity (Wildman–Crippen MR) is 106 cm³/mol. The molecule has 0 aliphatic carbocycles. The zero-order valence-electron chi connectivity index (χ0n) is 16.8. The van der Waals surface area contributed by atoms with Crippen LogP contribution in [0.15, 0.2) is 36.5 Å². The zero-order valence-corrected chi connectivity index (χ0v) is 16.8. The Labute approximate surface area is 170 Å². The van der Waals surface area contributed by atoms with E-state index in [0.29, 0.717) is 37.7 Å². The maximum Gasteiger partial charge on any atom is 0.228 e. The quantitative estimate of drug-likeness (QED) is 0.775. The van der Waals surface area contributed by atoms with Crippen molar-refractivity contribution in [2.24, 2.45) is 5.92 Å². The van der Waals surface area contributed by atoms with Crippen molar-refractivity contribution in [3.05, 3.63) is 53.3 Å². The third-order valence-corrected chi connectivity index (χ3v) is 5.67. The summed E-state index contributed by atoms with van der Waals surface area (Å²) in [5, 5.41) is 0. The summed E-state index contributed by atoms with van der Waals surface area (Å²) in [5.41, 5.74) is 3.07. The lowest BCUT2D eigenvalue weighted by molar-refractivity contribution is -0.136. The number of nitrogens with zero attached hydrogens (tertiary/aromatic N) is 3. The fourth-order valence-corrected chi connectivity index (χ4v) is 4.11. The Morgan fingerprint density at radius 2 is 1.93 bits per heavy atom. The number of rotatable bonds is 5. The lowest BCUT2D eigenvalue weighted by Gasteiger charge is -2.31. The van der Waals surface area contributed by atoms with E-state index in [-0.39, 0.29) is 24.2 Å². The molecule has 1 aromatic carbocycles. The number of hydrogen-bond donors (Lipinski definition) is 0. The molecule has 0 radical (unpaired) electrons. The van der Waals surface area contributed by atoms with Gasteiger partial charge in [-0.05, 0) is 41.8 Å². The van der Waals surface area contributed by atoms with E-state index in [1.54, 1.807) is 25.3 Å². The Morgan fingerprint density at radius 1 is 1.17 bits per heavy atom. The lowest BCUT2D eigenvalue weighted by atomic mass is 9.97. The van der Waals surface area contributed by atoms with Gasteiger partial charge in [-0.25, -0.2) is 0 Å². The molecule has 1 unspecified atom stereocenters. The Bertz CT molecular complexity index is 916. The van der Waals surface area contributed by atoms with Crippen LogP contribution in [0.1, 0.15) is 23.2 Å². The number of carbonyl (C=O) groups excluding carboxylic acids is 2. The molecule has 0 bridgehead atoms. The SMILES string of the molecule is COc1cc2c(cc1OC)CN(C(=O)C1CC(=O)N(Cc3ccccn3)C1)CC2. The van der Waals surface area contributed by atoms with Crippen LogP contribution in [0.25, 0.3) is 0 Å². The molecule has 2 aromatic rings. The summed E-state index contributed by atoms with van der Waals surface area (Å²) >= 11 is 0. The minimum atomic E-state index is -0.298. The van der Waals surface area contributed by atoms with Crippen molar-refractivity contribution in [3.63, 3.8) is 0 Å². The largest absolute Gasteiger partial charge is 0.493 e. The number of carbonyl (C=O) groups is 2. The zero-order chi connectivity index (χ0) is 20.4. The summed E-state index contributed by atoms with van der Waals surface area (Å²) in [6.07, 6.45) is 2.74. The van der Waals surface area contributed by atoms with Crippen molar-refractivity contribution in [2.75, 3.05) is 27.3 Å². The molecule has 7 heteroatoms. The van der Waals surface area contributed by atoms with E-state index in [2.05, 4.69) is 4.98 Å². The molecule has 152 valence electrons. The maximum atomic E-state index is 13.1. The molecule has 29 heavy (non-hydrogen) atoms. The Hall–Kier alpha value is -3.09. The van der Waals surface area contributed by atoms with Crippen LogP contribution >= 0.6 is 0 Å². The molecule has 1 atom stereocenters. The number of ether oxygens (including phenoxy) is 2. The second-order valence-electron chi connectivity index (χ2n) is 7.48. The fraction of sp³-hybridized carbons (Fsp3) is 0.409. The highest BCUT2D eigenvalue weighted by Crippen LogP contribution is 2.34. The van der Waals surface area contributed by atoms with Crippen molar-refractivity contribution in [3.8, 4) is 11.5 Å². The van der Waals surface area contributed by atoms with Crippen LogP contribution in [0, 0.1) is 5.92 Å². The third-order valence-electron chi connectivity index (χ3n) is 5.67. The van der Waals surface area contributed by atoms with Crippen LogP contribution in [-0.4, -0.2) is 53.9 Å². The average Bonchev–Trinajstić information content (AvgIpc) is 3.12. The molecule has 2 amide bonds. The van der Waals surface area contributed by atoms with Gasteiger partial charge in [0, 0.05) is 32.3 Å². The van der Waals surface area contributed by atoms with Gasteiger partial charge >= 0.3 is 0 Å². The van der Waals surface area contributed by atoms with Crippen LogP contribution in [0.5, 0.6) is 11.5 Å². The molecule has 3 heterocycles. The molecule has 4 rings (SSSR count). The van der Waals surface area contributed by atoms with E-state index in [1.807, 2.05) is 35.2 Å². The topological polar surface area (TPSA) is 72.0 Å². The number of aromatic nitrogens is 1. The van der Waals surface area contributed by atoms with E-state index < -0.39 is 0 Å². The van der Waals surface area contributed by atoms with Crippen LogP contribution in [-0.2, 0) is 29.1 Å². The van der Waals surface area contributed by atoms with Crippen LogP contribution in [0.4, 0.5) is 0 Å². The first-order chi connectivity index (χ1) is 14.1. The van der Waals surface area contributed by atoms with E-state index in [4.69, 9.17) is 9.47 Å². The van der Waals surface area contributed by atoms with Crippen molar-refractivity contribution in [1.82, 2.24) is 14.8 Å². The highest BCUT2D eigenvalue weighted by Gasteiger charge is 2.37. The summed E-state index contributed by atoms with van der Waals surface area (Å²) in [5.74, 6) is 1.13. The van der Waals surface area contributed by atoms with Crippen LogP contribution in [0.2, 0.25) is 0 Å². The van der Waals surface area contributed by atoms with Crippen molar-refractivity contribution in [1.29, 1.82) is 0 Å². The summed E-state index contributed by atoms with van der Waals surface area (Å²) < 4.78 is 10.8. The lowest BCUT2D eigenvalue weighted by Crippen LogP contribution is -2.40. The second kappa shape index (κ2) is 8.11. The van der Waals surface area contributed by atoms with Crippen LogP contribution in [0.3, 0.4) is 0 Å². The maximum absolute atomic E-state index is 13.1. The van der Waals surface area contributed by atoms with E-state index in [0.717, 1.165) is 17.7 Å². The minimum Gasteiger partial charge on any atom is -0.493 e. The summed E-state index contributed by atoms with van der Waals surface area (Å²) in [4.78, 5) is 33.4. The molecule has 1 saturated heterocycles. The smallest absolute Gasteiger partial charge is 0.228 e. The van der Waals surface area contributed by atoms with Gasteiger partial charge in [0.05, 0.1) is 32.4 Å². The number of likely N-dealkylation sites (tertiary alicyclic amines) is 1. The predicted octanol–water partition coefficient (Wildman–Crippen LogP) is 2.03. The average molecular weight is 395 g/mol. The van der Waals surface area contributed by atoms with Crippen molar-refractivity contribution < 1.29 is 19.1 Å². The molecule has 0 saturated carbocycles. The number of methoxy groups -OCH3 is 2. The van der Waals surface area contributed by atoms with Gasteiger partial charge in [0.25, 0.3) is 0 Å². The van der Waals surface area contributed by atoms with Crippen molar-refractivity contribution in [2.45, 2.75) is 25.9 Å². The van der Waals surface area contributed by atoms with Gasteiger partial charge in [0.2, 0.25) is 11.8 Å². The molecule has 0 spiro atoms. The van der Waals surface area contributed by atoms with Gasteiger partial charge in [-0.2, -0.15) is 0 Å². The fourth-order valence-electron chi connectivity index (χ4n) is 4.11. The first-order valence-electron chi connectivity index (χ1n) is 9.79. The van der Waals surface area contributed by atoms with Gasteiger partial charge in [-0.1, -0.05) is 6.07 Å². The Morgan fingerprint density at radius 3 is 2.62 bits per heavy atom. The molecule has 1 fully saturated rings. The first-order valence-corrected chi connectivity index (χ1v) is 9.79. The van der Waals surface area contributed by atoms with Gasteiger partial charge in [0.15, 0.2) is 11.5 Å². The van der Waals surface area contributed by atoms with E-state index in [1.165, 1.54) is 5.56 Å². The number of benzene rings is 1.